The number of morpholine rings is 1. The first-order valence-electron chi connectivity index (χ1n) is 10.9. The molecule has 34 heavy (non-hydrogen) atoms. The molecule has 3 rings (SSSR count). The molecule has 1 aromatic heterocycles. The van der Waals surface area contributed by atoms with Gasteiger partial charge in [-0.15, -0.1) is 0 Å². The molecule has 0 N–H and O–H groups in total. The predicted molar refractivity (Wildman–Crippen MR) is 123 cm³/mol. The third kappa shape index (κ3) is 6.03. The van der Waals surface area contributed by atoms with Crippen LogP contribution in [0.25, 0.3) is 0 Å². The summed E-state index contributed by atoms with van der Waals surface area (Å²) in [7, 11) is 1.97. The normalized spacial score (nSPS) is 16.9. The van der Waals surface area contributed by atoms with Gasteiger partial charge in [-0.05, 0) is 53.3 Å². The zero-order valence-corrected chi connectivity index (χ0v) is 20.3. The first-order chi connectivity index (χ1) is 15.9. The SMILES string of the molecule is Cc1nc(C)c([N+](=O)[O-])c(N(Cc2ccc(C3CN(C)CCO3)cc2F)C(=O)OC(C)(C)C)n1. The zero-order chi connectivity index (χ0) is 25.2. The van der Waals surface area contributed by atoms with Crippen LogP contribution < -0.4 is 4.90 Å². The number of amides is 1. The van der Waals surface area contributed by atoms with Crippen LogP contribution in [-0.2, 0) is 16.0 Å². The Kier molecular flexibility index (Phi) is 7.47. The van der Waals surface area contributed by atoms with Gasteiger partial charge >= 0.3 is 11.8 Å². The molecule has 11 heteroatoms. The largest absolute Gasteiger partial charge is 0.443 e. The van der Waals surface area contributed by atoms with E-state index in [9.17, 15) is 14.9 Å². The van der Waals surface area contributed by atoms with Crippen LogP contribution in [0.5, 0.6) is 0 Å². The Balaban J connectivity index is 2.01. The van der Waals surface area contributed by atoms with Crippen molar-refractivity contribution in [1.82, 2.24) is 14.9 Å². The van der Waals surface area contributed by atoms with Crippen molar-refractivity contribution in [3.8, 4) is 0 Å². The Morgan fingerprint density at radius 2 is 2.06 bits per heavy atom. The minimum Gasteiger partial charge on any atom is -0.443 e. The standard InChI is InChI=1S/C23H30FN5O5/c1-14-20(29(31)32)21(26-15(2)25-14)28(22(30)34-23(3,4)5)12-17-8-7-16(11-18(17)24)19-13-27(6)9-10-33-19/h7-8,11,19H,9-10,12-13H2,1-6H3. The Hall–Kier alpha value is -3.18. The Morgan fingerprint density at radius 3 is 2.65 bits per heavy atom. The van der Waals surface area contributed by atoms with Gasteiger partial charge < -0.3 is 14.4 Å². The molecule has 1 unspecified atom stereocenters. The average Bonchev–Trinajstić information content (AvgIpc) is 2.70. The second-order valence-electron chi connectivity index (χ2n) is 9.32. The molecule has 184 valence electrons. The van der Waals surface area contributed by atoms with Crippen molar-refractivity contribution in [2.24, 2.45) is 0 Å². The maximum absolute atomic E-state index is 15.2. The van der Waals surface area contributed by atoms with Crippen molar-refractivity contribution in [3.05, 3.63) is 56.8 Å². The molecular weight excluding hydrogens is 445 g/mol. The van der Waals surface area contributed by atoms with Crippen LogP contribution in [0.4, 0.5) is 20.7 Å². The number of nitro groups is 1. The van der Waals surface area contributed by atoms with Gasteiger partial charge in [0.1, 0.15) is 22.9 Å². The summed E-state index contributed by atoms with van der Waals surface area (Å²) in [6.45, 7) is 9.70. The van der Waals surface area contributed by atoms with Gasteiger partial charge in [0.05, 0.1) is 24.2 Å². The fraction of sp³-hybridized carbons (Fsp3) is 0.522. The molecule has 0 saturated carbocycles. The van der Waals surface area contributed by atoms with Crippen molar-refractivity contribution >= 4 is 17.6 Å². The van der Waals surface area contributed by atoms with Crippen molar-refractivity contribution in [2.75, 3.05) is 31.6 Å². The highest BCUT2D eigenvalue weighted by molar-refractivity contribution is 5.89. The lowest BCUT2D eigenvalue weighted by atomic mass is 10.0. The van der Waals surface area contributed by atoms with E-state index in [0.29, 0.717) is 18.7 Å². The quantitative estimate of drug-likeness (QED) is 0.470. The van der Waals surface area contributed by atoms with Crippen LogP contribution in [0.3, 0.4) is 0 Å². The molecule has 10 nitrogen and oxygen atoms in total. The Labute approximate surface area is 197 Å². The van der Waals surface area contributed by atoms with Gasteiger partial charge in [-0.2, -0.15) is 0 Å². The number of aromatic nitrogens is 2. The molecule has 1 aliphatic rings. The summed E-state index contributed by atoms with van der Waals surface area (Å²) in [5, 5.41) is 11.8. The van der Waals surface area contributed by atoms with Gasteiger partial charge in [-0.1, -0.05) is 12.1 Å². The number of likely N-dealkylation sites (N-methyl/N-ethyl adjacent to an activating group) is 1. The summed E-state index contributed by atoms with van der Waals surface area (Å²) >= 11 is 0. The maximum Gasteiger partial charge on any atom is 0.416 e. The minimum atomic E-state index is -0.881. The third-order valence-electron chi connectivity index (χ3n) is 5.25. The van der Waals surface area contributed by atoms with Crippen molar-refractivity contribution < 1.29 is 23.6 Å². The second-order valence-corrected chi connectivity index (χ2v) is 9.32. The molecule has 1 fully saturated rings. The lowest BCUT2D eigenvalue weighted by molar-refractivity contribution is -0.385. The van der Waals surface area contributed by atoms with E-state index >= 15 is 4.39 Å². The molecule has 2 heterocycles. The van der Waals surface area contributed by atoms with Gasteiger partial charge in [0.2, 0.25) is 5.82 Å². The number of rotatable bonds is 5. The lowest BCUT2D eigenvalue weighted by Crippen LogP contribution is -2.38. The van der Waals surface area contributed by atoms with Gasteiger partial charge in [-0.3, -0.25) is 15.0 Å². The van der Waals surface area contributed by atoms with Crippen LogP contribution in [0.2, 0.25) is 0 Å². The van der Waals surface area contributed by atoms with Crippen molar-refractivity contribution in [3.63, 3.8) is 0 Å². The average molecular weight is 476 g/mol. The highest BCUT2D eigenvalue weighted by Crippen LogP contribution is 2.32. The number of nitrogens with zero attached hydrogens (tertiary/aromatic N) is 5. The molecule has 0 aliphatic carbocycles. The van der Waals surface area contributed by atoms with E-state index in [1.54, 1.807) is 39.8 Å². The topological polar surface area (TPSA) is 111 Å². The number of aryl methyl sites for hydroxylation is 2. The van der Waals surface area contributed by atoms with E-state index in [1.807, 2.05) is 7.05 Å². The fourth-order valence-corrected chi connectivity index (χ4v) is 3.68. The second kappa shape index (κ2) is 9.98. The number of ether oxygens (including phenoxy) is 2. The Bertz CT molecular complexity index is 1090. The van der Waals surface area contributed by atoms with Crippen LogP contribution in [0.1, 0.15) is 49.5 Å². The monoisotopic (exact) mass is 475 g/mol. The van der Waals surface area contributed by atoms with Gasteiger partial charge in [0.25, 0.3) is 0 Å². The fourth-order valence-electron chi connectivity index (χ4n) is 3.68. The van der Waals surface area contributed by atoms with E-state index < -0.39 is 28.1 Å². The molecule has 1 aromatic carbocycles. The van der Waals surface area contributed by atoms with Gasteiger partial charge in [0.15, 0.2) is 0 Å². The highest BCUT2D eigenvalue weighted by Gasteiger charge is 2.33. The number of hydrogen-bond donors (Lipinski definition) is 0. The van der Waals surface area contributed by atoms with E-state index in [2.05, 4.69) is 14.9 Å². The molecule has 1 amide bonds. The van der Waals surface area contributed by atoms with Crippen molar-refractivity contribution in [2.45, 2.75) is 52.9 Å². The molecule has 2 aromatic rings. The number of carbonyl (C=O) groups excluding carboxylic acids is 1. The van der Waals surface area contributed by atoms with Gasteiger partial charge in [0, 0.05) is 18.7 Å². The molecular formula is C23H30FN5O5. The minimum absolute atomic E-state index is 0.0930. The number of benzene rings is 1. The maximum atomic E-state index is 15.2. The summed E-state index contributed by atoms with van der Waals surface area (Å²) in [4.78, 5) is 35.5. The molecule has 1 atom stereocenters. The van der Waals surface area contributed by atoms with E-state index in [-0.39, 0.29) is 35.5 Å². The molecule has 1 aliphatic heterocycles. The van der Waals surface area contributed by atoms with Crippen LogP contribution in [-0.4, -0.2) is 58.2 Å². The van der Waals surface area contributed by atoms with Crippen LogP contribution in [0, 0.1) is 29.8 Å². The zero-order valence-electron chi connectivity index (χ0n) is 20.3. The summed E-state index contributed by atoms with van der Waals surface area (Å²) in [5.74, 6) is -0.570. The number of hydrogen-bond acceptors (Lipinski definition) is 8. The lowest BCUT2D eigenvalue weighted by Gasteiger charge is -2.30. The first kappa shape index (κ1) is 25.4. The molecule has 0 radical (unpaired) electrons. The van der Waals surface area contributed by atoms with E-state index in [1.165, 1.54) is 13.0 Å². The summed E-state index contributed by atoms with van der Waals surface area (Å²) in [6.07, 6.45) is -1.15. The third-order valence-corrected chi connectivity index (χ3v) is 5.25. The smallest absolute Gasteiger partial charge is 0.416 e. The van der Waals surface area contributed by atoms with E-state index in [0.717, 1.165) is 11.4 Å². The summed E-state index contributed by atoms with van der Waals surface area (Å²) in [6, 6.07) is 4.66. The highest BCUT2D eigenvalue weighted by atomic mass is 19.1. The summed E-state index contributed by atoms with van der Waals surface area (Å²) in [5.41, 5.74) is -0.394. The predicted octanol–water partition coefficient (Wildman–Crippen LogP) is 4.09. The molecule has 0 spiro atoms. The van der Waals surface area contributed by atoms with Gasteiger partial charge in [-0.25, -0.2) is 19.2 Å². The number of anilines is 1. The Morgan fingerprint density at radius 1 is 1.35 bits per heavy atom. The first-order valence-corrected chi connectivity index (χ1v) is 10.9. The van der Waals surface area contributed by atoms with E-state index in [4.69, 9.17) is 9.47 Å². The number of halogens is 1. The molecule has 0 bridgehead atoms. The van der Waals surface area contributed by atoms with Crippen LogP contribution >= 0.6 is 0 Å². The van der Waals surface area contributed by atoms with Crippen molar-refractivity contribution in [1.29, 1.82) is 0 Å². The number of carbonyl (C=O) groups is 1. The molecule has 1 saturated heterocycles. The summed E-state index contributed by atoms with van der Waals surface area (Å²) < 4.78 is 26.4. The van der Waals surface area contributed by atoms with Crippen LogP contribution in [0.15, 0.2) is 18.2 Å².